The van der Waals surface area contributed by atoms with Crippen molar-refractivity contribution >= 4 is 5.91 Å². The Balaban J connectivity index is 2.22. The maximum atomic E-state index is 12.0. The summed E-state index contributed by atoms with van der Waals surface area (Å²) >= 11 is 0. The molecule has 0 spiro atoms. The largest absolute Gasteiger partial charge is 0.379 e. The molecule has 106 valence electrons. The molecule has 0 saturated carbocycles. The summed E-state index contributed by atoms with van der Waals surface area (Å²) in [6.07, 6.45) is 1.00. The molecular formula is C13H27N3O2. The molecule has 1 unspecified atom stereocenters. The van der Waals surface area contributed by atoms with Crippen LogP contribution in [0, 0.1) is 5.92 Å². The van der Waals surface area contributed by atoms with Crippen LogP contribution in [0.1, 0.15) is 20.3 Å². The first-order valence-corrected chi connectivity index (χ1v) is 6.94. The maximum Gasteiger partial charge on any atom is 0.237 e. The van der Waals surface area contributed by atoms with Gasteiger partial charge in [0.05, 0.1) is 19.3 Å². The van der Waals surface area contributed by atoms with Crippen LogP contribution in [0.4, 0.5) is 0 Å². The zero-order valence-electron chi connectivity index (χ0n) is 11.9. The van der Waals surface area contributed by atoms with Crippen LogP contribution in [0.5, 0.6) is 0 Å². The molecule has 0 bridgehead atoms. The minimum Gasteiger partial charge on any atom is -0.379 e. The van der Waals surface area contributed by atoms with E-state index in [1.807, 2.05) is 7.05 Å². The van der Waals surface area contributed by atoms with E-state index >= 15 is 0 Å². The molecule has 1 rings (SSSR count). The first kappa shape index (κ1) is 15.4. The summed E-state index contributed by atoms with van der Waals surface area (Å²) in [5.41, 5.74) is 0. The van der Waals surface area contributed by atoms with Crippen molar-refractivity contribution in [3.8, 4) is 0 Å². The molecule has 0 radical (unpaired) electrons. The van der Waals surface area contributed by atoms with E-state index in [2.05, 4.69) is 29.4 Å². The van der Waals surface area contributed by atoms with Crippen molar-refractivity contribution < 1.29 is 9.53 Å². The predicted molar refractivity (Wildman–Crippen MR) is 72.6 cm³/mol. The molecule has 2 N–H and O–H groups in total. The Morgan fingerprint density at radius 3 is 2.61 bits per heavy atom. The second-order valence-electron chi connectivity index (χ2n) is 4.90. The van der Waals surface area contributed by atoms with E-state index in [1.54, 1.807) is 0 Å². The fourth-order valence-electron chi connectivity index (χ4n) is 2.18. The van der Waals surface area contributed by atoms with E-state index in [4.69, 9.17) is 4.74 Å². The van der Waals surface area contributed by atoms with Crippen LogP contribution in [-0.2, 0) is 9.53 Å². The second-order valence-corrected chi connectivity index (χ2v) is 4.90. The summed E-state index contributed by atoms with van der Waals surface area (Å²) in [4.78, 5) is 14.3. The number of hydrogen-bond acceptors (Lipinski definition) is 4. The number of hydrogen-bond donors (Lipinski definition) is 2. The smallest absolute Gasteiger partial charge is 0.237 e. The van der Waals surface area contributed by atoms with Gasteiger partial charge in [-0.25, -0.2) is 0 Å². The van der Waals surface area contributed by atoms with Crippen molar-refractivity contribution in [2.45, 2.75) is 26.3 Å². The number of carbonyl (C=O) groups is 1. The van der Waals surface area contributed by atoms with Gasteiger partial charge in [-0.2, -0.15) is 0 Å². The SMILES string of the molecule is CC[C@H](C)C(NC)C(=O)NCCN1CCOCC1. The van der Waals surface area contributed by atoms with Gasteiger partial charge in [0.15, 0.2) is 0 Å². The van der Waals surface area contributed by atoms with Crippen LogP contribution in [-0.4, -0.2) is 63.3 Å². The summed E-state index contributed by atoms with van der Waals surface area (Å²) < 4.78 is 5.29. The lowest BCUT2D eigenvalue weighted by atomic mass is 9.99. The standard InChI is InChI=1S/C13H27N3O2/c1-4-11(2)12(14-3)13(17)15-5-6-16-7-9-18-10-8-16/h11-12,14H,4-10H2,1-3H3,(H,15,17)/t11-,12?/m0/s1. The summed E-state index contributed by atoms with van der Waals surface area (Å²) in [7, 11) is 1.85. The van der Waals surface area contributed by atoms with Gasteiger partial charge in [0.1, 0.15) is 0 Å². The van der Waals surface area contributed by atoms with E-state index < -0.39 is 0 Å². The van der Waals surface area contributed by atoms with Gasteiger partial charge in [0, 0.05) is 26.2 Å². The van der Waals surface area contributed by atoms with Gasteiger partial charge in [0.25, 0.3) is 0 Å². The second kappa shape index (κ2) is 8.45. The van der Waals surface area contributed by atoms with E-state index in [1.165, 1.54) is 0 Å². The number of rotatable bonds is 7. The zero-order chi connectivity index (χ0) is 13.4. The minimum atomic E-state index is -0.0836. The Morgan fingerprint density at radius 1 is 1.39 bits per heavy atom. The highest BCUT2D eigenvalue weighted by Gasteiger charge is 2.21. The van der Waals surface area contributed by atoms with Gasteiger partial charge in [-0.1, -0.05) is 20.3 Å². The fraction of sp³-hybridized carbons (Fsp3) is 0.923. The van der Waals surface area contributed by atoms with Gasteiger partial charge in [0.2, 0.25) is 5.91 Å². The molecule has 0 aromatic heterocycles. The number of ether oxygens (including phenoxy) is 1. The lowest BCUT2D eigenvalue weighted by Gasteiger charge is -2.27. The fourth-order valence-corrected chi connectivity index (χ4v) is 2.18. The molecule has 0 aromatic rings. The highest BCUT2D eigenvalue weighted by Crippen LogP contribution is 2.07. The van der Waals surface area contributed by atoms with Crippen LogP contribution in [0.25, 0.3) is 0 Å². The van der Waals surface area contributed by atoms with Crippen molar-refractivity contribution in [3.63, 3.8) is 0 Å². The quantitative estimate of drug-likeness (QED) is 0.678. The number of likely N-dealkylation sites (N-methyl/N-ethyl adjacent to an activating group) is 1. The average molecular weight is 257 g/mol. The molecule has 1 fully saturated rings. The molecule has 1 amide bonds. The third-order valence-electron chi connectivity index (χ3n) is 3.64. The van der Waals surface area contributed by atoms with Gasteiger partial charge >= 0.3 is 0 Å². The van der Waals surface area contributed by atoms with Crippen LogP contribution in [0.15, 0.2) is 0 Å². The van der Waals surface area contributed by atoms with Gasteiger partial charge < -0.3 is 15.4 Å². The van der Waals surface area contributed by atoms with Crippen LogP contribution in [0.3, 0.4) is 0 Å². The third kappa shape index (κ3) is 4.92. The first-order chi connectivity index (χ1) is 8.69. The van der Waals surface area contributed by atoms with E-state index in [0.717, 1.165) is 39.3 Å². The van der Waals surface area contributed by atoms with Crippen molar-refractivity contribution in [1.29, 1.82) is 0 Å². The summed E-state index contributed by atoms with van der Waals surface area (Å²) in [5.74, 6) is 0.471. The van der Waals surface area contributed by atoms with Crippen LogP contribution < -0.4 is 10.6 Å². The first-order valence-electron chi connectivity index (χ1n) is 6.94. The number of amides is 1. The Hall–Kier alpha value is -0.650. The highest BCUT2D eigenvalue weighted by atomic mass is 16.5. The van der Waals surface area contributed by atoms with Gasteiger partial charge in [-0.3, -0.25) is 9.69 Å². The van der Waals surface area contributed by atoms with E-state index in [9.17, 15) is 4.79 Å². The Kier molecular flexibility index (Phi) is 7.23. The number of nitrogens with zero attached hydrogens (tertiary/aromatic N) is 1. The van der Waals surface area contributed by atoms with Crippen molar-refractivity contribution in [1.82, 2.24) is 15.5 Å². The predicted octanol–water partition coefficient (Wildman–Crippen LogP) is 0.0689. The lowest BCUT2D eigenvalue weighted by molar-refractivity contribution is -0.124. The molecule has 1 aliphatic heterocycles. The van der Waals surface area contributed by atoms with Crippen molar-refractivity contribution in [2.75, 3.05) is 46.4 Å². The summed E-state index contributed by atoms with van der Waals surface area (Å²) in [5, 5.41) is 6.11. The Labute approximate surface area is 110 Å². The molecule has 5 nitrogen and oxygen atoms in total. The Morgan fingerprint density at radius 2 is 2.06 bits per heavy atom. The van der Waals surface area contributed by atoms with Crippen molar-refractivity contribution in [2.24, 2.45) is 5.92 Å². The number of carbonyl (C=O) groups excluding carboxylic acids is 1. The average Bonchev–Trinajstić information content (AvgIpc) is 2.40. The third-order valence-corrected chi connectivity index (χ3v) is 3.64. The molecule has 1 heterocycles. The topological polar surface area (TPSA) is 53.6 Å². The highest BCUT2D eigenvalue weighted by molar-refractivity contribution is 5.81. The summed E-state index contributed by atoms with van der Waals surface area (Å²) in [6.45, 7) is 9.38. The number of nitrogens with one attached hydrogen (secondary N) is 2. The van der Waals surface area contributed by atoms with Crippen LogP contribution >= 0.6 is 0 Å². The van der Waals surface area contributed by atoms with Gasteiger partial charge in [-0.15, -0.1) is 0 Å². The van der Waals surface area contributed by atoms with Crippen LogP contribution in [0.2, 0.25) is 0 Å². The Bertz CT molecular complexity index is 242. The molecule has 0 aliphatic carbocycles. The molecule has 2 atom stereocenters. The molecule has 1 aliphatic rings. The monoisotopic (exact) mass is 257 g/mol. The summed E-state index contributed by atoms with van der Waals surface area (Å²) in [6, 6.07) is -0.0836. The minimum absolute atomic E-state index is 0.0836. The number of morpholine rings is 1. The lowest BCUT2D eigenvalue weighted by Crippen LogP contribution is -2.49. The molecule has 1 saturated heterocycles. The van der Waals surface area contributed by atoms with E-state index in [-0.39, 0.29) is 11.9 Å². The normalized spacial score (nSPS) is 20.4. The molecular weight excluding hydrogens is 230 g/mol. The molecule has 5 heteroatoms. The molecule has 18 heavy (non-hydrogen) atoms. The molecule has 0 aromatic carbocycles. The maximum absolute atomic E-state index is 12.0. The van der Waals surface area contributed by atoms with Gasteiger partial charge in [-0.05, 0) is 13.0 Å². The zero-order valence-corrected chi connectivity index (χ0v) is 11.9. The van der Waals surface area contributed by atoms with E-state index in [0.29, 0.717) is 12.5 Å². The van der Waals surface area contributed by atoms with Crippen molar-refractivity contribution in [3.05, 3.63) is 0 Å².